The molecule has 1 rings (SSSR count). The number of aliphatic hydroxyl groups is 1. The van der Waals surface area contributed by atoms with Gasteiger partial charge in [0.25, 0.3) is 0 Å². The van der Waals surface area contributed by atoms with Crippen molar-refractivity contribution in [3.8, 4) is 0 Å². The topological polar surface area (TPSA) is 118 Å². The lowest BCUT2D eigenvalue weighted by molar-refractivity contribution is -0.141. The highest BCUT2D eigenvalue weighted by atomic mass is 32.2. The monoisotopic (exact) mass is 259 g/mol. The van der Waals surface area contributed by atoms with Crippen LogP contribution >= 0.6 is 0 Å². The third kappa shape index (κ3) is 2.63. The van der Waals surface area contributed by atoms with E-state index in [0.717, 1.165) is 0 Å². The number of aliphatic hydroxyl groups excluding tert-OH is 1. The molecule has 1 aromatic carbocycles. The first-order chi connectivity index (χ1) is 7.83. The molecule has 0 aliphatic rings. The summed E-state index contributed by atoms with van der Waals surface area (Å²) < 4.78 is 23.7. The van der Waals surface area contributed by atoms with Crippen molar-refractivity contribution in [3.05, 3.63) is 35.9 Å². The number of carboxylic acid groups (broad SMARTS) is 1. The SMILES string of the molecule is N[C@](CO)(C(=O)O)S(=O)(=O)Cc1ccccc1. The number of benzene rings is 1. The molecule has 4 N–H and O–H groups in total. The van der Waals surface area contributed by atoms with Crippen LogP contribution in [0.2, 0.25) is 0 Å². The van der Waals surface area contributed by atoms with E-state index in [2.05, 4.69) is 0 Å². The van der Waals surface area contributed by atoms with Crippen LogP contribution < -0.4 is 5.73 Å². The molecule has 0 saturated heterocycles. The first-order valence-corrected chi connectivity index (χ1v) is 6.38. The van der Waals surface area contributed by atoms with Gasteiger partial charge in [0.1, 0.15) is 0 Å². The maximum atomic E-state index is 11.8. The van der Waals surface area contributed by atoms with Crippen molar-refractivity contribution in [2.45, 2.75) is 10.6 Å². The highest BCUT2D eigenvalue weighted by Crippen LogP contribution is 2.17. The van der Waals surface area contributed by atoms with Gasteiger partial charge in [-0.15, -0.1) is 0 Å². The number of nitrogens with two attached hydrogens (primary N) is 1. The molecular formula is C10H13NO5S. The van der Waals surface area contributed by atoms with Crippen molar-refractivity contribution in [3.63, 3.8) is 0 Å². The second-order valence-corrected chi connectivity index (χ2v) is 5.84. The Morgan fingerprint density at radius 2 is 1.82 bits per heavy atom. The summed E-state index contributed by atoms with van der Waals surface area (Å²) in [6.45, 7) is -1.17. The summed E-state index contributed by atoms with van der Waals surface area (Å²) in [7, 11) is -4.20. The van der Waals surface area contributed by atoms with Gasteiger partial charge in [0, 0.05) is 0 Å². The first kappa shape index (κ1) is 13.6. The van der Waals surface area contributed by atoms with E-state index < -0.39 is 33.0 Å². The van der Waals surface area contributed by atoms with Crippen molar-refractivity contribution < 1.29 is 23.4 Å². The van der Waals surface area contributed by atoms with Crippen LogP contribution in [-0.2, 0) is 20.4 Å². The minimum Gasteiger partial charge on any atom is -0.479 e. The molecular weight excluding hydrogens is 246 g/mol. The zero-order valence-electron chi connectivity index (χ0n) is 8.91. The third-order valence-corrected chi connectivity index (χ3v) is 4.48. The number of carbonyl (C=O) groups is 1. The maximum absolute atomic E-state index is 11.8. The number of sulfone groups is 1. The average Bonchev–Trinajstić information content (AvgIpc) is 2.28. The molecule has 94 valence electrons. The number of hydrogen-bond donors (Lipinski definition) is 3. The van der Waals surface area contributed by atoms with E-state index in [1.165, 1.54) is 12.1 Å². The van der Waals surface area contributed by atoms with E-state index in [0.29, 0.717) is 5.56 Å². The Morgan fingerprint density at radius 1 is 1.29 bits per heavy atom. The molecule has 1 atom stereocenters. The third-order valence-electron chi connectivity index (χ3n) is 2.35. The van der Waals surface area contributed by atoms with Gasteiger partial charge < -0.3 is 15.9 Å². The van der Waals surface area contributed by atoms with Gasteiger partial charge in [-0.1, -0.05) is 30.3 Å². The van der Waals surface area contributed by atoms with Crippen molar-refractivity contribution in [2.24, 2.45) is 5.73 Å². The van der Waals surface area contributed by atoms with Gasteiger partial charge in [0.2, 0.25) is 4.87 Å². The molecule has 0 aromatic heterocycles. The summed E-state index contributed by atoms with van der Waals surface area (Å²) in [5, 5.41) is 17.7. The van der Waals surface area contributed by atoms with Gasteiger partial charge >= 0.3 is 5.97 Å². The lowest BCUT2D eigenvalue weighted by Crippen LogP contribution is -2.58. The maximum Gasteiger partial charge on any atom is 0.342 e. The molecule has 0 radical (unpaired) electrons. The molecule has 0 heterocycles. The van der Waals surface area contributed by atoms with Crippen LogP contribution in [0.3, 0.4) is 0 Å². The quantitative estimate of drug-likeness (QED) is 0.645. The Balaban J connectivity index is 3.08. The van der Waals surface area contributed by atoms with Gasteiger partial charge in [-0.05, 0) is 5.56 Å². The molecule has 0 aliphatic heterocycles. The fourth-order valence-corrected chi connectivity index (χ4v) is 2.57. The average molecular weight is 259 g/mol. The molecule has 6 nitrogen and oxygen atoms in total. The van der Waals surface area contributed by atoms with Crippen LogP contribution in [-0.4, -0.2) is 36.1 Å². The molecule has 0 spiro atoms. The van der Waals surface area contributed by atoms with Crippen LogP contribution in [0.4, 0.5) is 0 Å². The van der Waals surface area contributed by atoms with Gasteiger partial charge in [-0.2, -0.15) is 0 Å². The summed E-state index contributed by atoms with van der Waals surface area (Å²) in [6, 6.07) is 8.04. The number of aliphatic carboxylic acids is 1. The Bertz CT molecular complexity index is 499. The van der Waals surface area contributed by atoms with Gasteiger partial charge in [-0.3, -0.25) is 0 Å². The summed E-state index contributed by atoms with van der Waals surface area (Å²) >= 11 is 0. The van der Waals surface area contributed by atoms with Crippen molar-refractivity contribution in [1.29, 1.82) is 0 Å². The van der Waals surface area contributed by atoms with Crippen LogP contribution in [0.5, 0.6) is 0 Å². The van der Waals surface area contributed by atoms with E-state index >= 15 is 0 Å². The fourth-order valence-electron chi connectivity index (χ4n) is 1.22. The minimum atomic E-state index is -4.20. The summed E-state index contributed by atoms with van der Waals surface area (Å²) in [6.07, 6.45) is 0. The zero-order valence-corrected chi connectivity index (χ0v) is 9.72. The highest BCUT2D eigenvalue weighted by Gasteiger charge is 2.47. The van der Waals surface area contributed by atoms with Gasteiger partial charge in [0.05, 0.1) is 12.4 Å². The second kappa shape index (κ2) is 4.82. The predicted octanol–water partition coefficient (Wildman–Crippen LogP) is -0.667. The standard InChI is InChI=1S/C10H13NO5S/c11-10(7-12,9(13)14)17(15,16)6-8-4-2-1-3-5-8/h1-5,12H,6-7,11H2,(H,13,14)/t10-/m0/s1. The van der Waals surface area contributed by atoms with E-state index in [-0.39, 0.29) is 0 Å². The Kier molecular flexibility index (Phi) is 3.87. The second-order valence-electron chi connectivity index (χ2n) is 3.60. The highest BCUT2D eigenvalue weighted by molar-refractivity contribution is 7.92. The van der Waals surface area contributed by atoms with E-state index in [1.54, 1.807) is 18.2 Å². The molecule has 1 aromatic rings. The zero-order chi connectivity index (χ0) is 13.1. The van der Waals surface area contributed by atoms with Crippen molar-refractivity contribution in [2.75, 3.05) is 6.61 Å². The van der Waals surface area contributed by atoms with Gasteiger partial charge in [-0.25, -0.2) is 13.2 Å². The largest absolute Gasteiger partial charge is 0.479 e. The predicted molar refractivity (Wildman–Crippen MR) is 60.7 cm³/mol. The lowest BCUT2D eigenvalue weighted by atomic mass is 10.2. The first-order valence-electron chi connectivity index (χ1n) is 4.73. The number of rotatable bonds is 5. The normalized spacial score (nSPS) is 15.2. The summed E-state index contributed by atoms with van der Waals surface area (Å²) in [5.74, 6) is -2.30. The lowest BCUT2D eigenvalue weighted by Gasteiger charge is -2.22. The number of hydrogen-bond acceptors (Lipinski definition) is 5. The fraction of sp³-hybridized carbons (Fsp3) is 0.300. The van der Waals surface area contributed by atoms with E-state index in [1.807, 2.05) is 0 Å². The molecule has 0 fully saturated rings. The van der Waals surface area contributed by atoms with E-state index in [4.69, 9.17) is 15.9 Å². The molecule has 0 bridgehead atoms. The summed E-state index contributed by atoms with van der Waals surface area (Å²) in [5.41, 5.74) is 5.64. The number of carboxylic acids is 1. The van der Waals surface area contributed by atoms with Crippen LogP contribution in [0.15, 0.2) is 30.3 Å². The van der Waals surface area contributed by atoms with E-state index in [9.17, 15) is 13.2 Å². The molecule has 0 aliphatic carbocycles. The molecule has 7 heteroatoms. The summed E-state index contributed by atoms with van der Waals surface area (Å²) in [4.78, 5) is 8.16. The minimum absolute atomic E-state index is 0.414. The Morgan fingerprint density at radius 3 is 2.24 bits per heavy atom. The molecule has 0 saturated carbocycles. The Hall–Kier alpha value is -1.44. The molecule has 0 unspecified atom stereocenters. The van der Waals surface area contributed by atoms with Crippen LogP contribution in [0.25, 0.3) is 0 Å². The van der Waals surface area contributed by atoms with Crippen LogP contribution in [0, 0.1) is 0 Å². The van der Waals surface area contributed by atoms with Crippen LogP contribution in [0.1, 0.15) is 5.56 Å². The van der Waals surface area contributed by atoms with Crippen molar-refractivity contribution >= 4 is 15.8 Å². The Labute approximate surface area is 98.6 Å². The molecule has 17 heavy (non-hydrogen) atoms. The van der Waals surface area contributed by atoms with Crippen molar-refractivity contribution in [1.82, 2.24) is 0 Å². The molecule has 0 amide bonds. The van der Waals surface area contributed by atoms with Gasteiger partial charge in [0.15, 0.2) is 9.84 Å². The smallest absolute Gasteiger partial charge is 0.342 e.